The molecule has 1 saturated heterocycles. The number of benzene rings is 4. The van der Waals surface area contributed by atoms with Crippen molar-refractivity contribution in [1.82, 2.24) is 0 Å². The summed E-state index contributed by atoms with van der Waals surface area (Å²) in [6.45, 7) is 11.6. The number of hydrogen-bond acceptors (Lipinski definition) is 4. The van der Waals surface area contributed by atoms with E-state index in [2.05, 4.69) is 55.9 Å². The Kier molecular flexibility index (Phi) is 10.6. The molecule has 4 aromatic rings. The van der Waals surface area contributed by atoms with Crippen LogP contribution in [0.5, 0.6) is 5.75 Å². The molecule has 0 aromatic heterocycles. The maximum Gasteiger partial charge on any atom is 0.243 e. The molecule has 0 spiro atoms. The zero-order valence-electron chi connectivity index (χ0n) is 26.5. The van der Waals surface area contributed by atoms with Crippen molar-refractivity contribution in [3.8, 4) is 5.75 Å². The maximum absolute atomic E-state index is 13.8. The largest absolute Gasteiger partial charge is 0.489 e. The Morgan fingerprint density at radius 2 is 1.58 bits per heavy atom. The van der Waals surface area contributed by atoms with Gasteiger partial charge < -0.3 is 14.1 Å². The van der Waals surface area contributed by atoms with Crippen LogP contribution in [0.2, 0.25) is 18.1 Å². The normalized spacial score (nSPS) is 17.6. The highest BCUT2D eigenvalue weighted by Crippen LogP contribution is 2.49. The maximum atomic E-state index is 13.8. The van der Waals surface area contributed by atoms with Gasteiger partial charge in [-0.05, 0) is 77.8 Å². The molecule has 1 aliphatic heterocycles. The lowest BCUT2D eigenvalue weighted by Gasteiger charge is -2.47. The summed E-state index contributed by atoms with van der Waals surface area (Å²) in [4.78, 5) is 15.7. The molecule has 1 amide bonds. The van der Waals surface area contributed by atoms with Crippen molar-refractivity contribution in [2.24, 2.45) is 0 Å². The van der Waals surface area contributed by atoms with Gasteiger partial charge in [-0.15, -0.1) is 11.8 Å². The molecule has 0 aliphatic carbocycles. The zero-order chi connectivity index (χ0) is 32.2. The van der Waals surface area contributed by atoms with Crippen molar-refractivity contribution in [2.75, 3.05) is 10.7 Å². The van der Waals surface area contributed by atoms with Crippen LogP contribution in [-0.2, 0) is 15.8 Å². The summed E-state index contributed by atoms with van der Waals surface area (Å²) in [6, 6.07) is 32.4. The molecular formula is C37H41BrFNO3SSi. The van der Waals surface area contributed by atoms with Crippen LogP contribution < -0.4 is 9.64 Å². The van der Waals surface area contributed by atoms with Crippen LogP contribution in [0.25, 0.3) is 0 Å². The van der Waals surface area contributed by atoms with Crippen molar-refractivity contribution >= 4 is 47.6 Å². The third-order valence-electron chi connectivity index (χ3n) is 8.77. The number of rotatable bonds is 12. The Balaban J connectivity index is 1.40. The van der Waals surface area contributed by atoms with Gasteiger partial charge >= 0.3 is 0 Å². The molecular weight excluding hydrogens is 665 g/mol. The predicted octanol–water partition coefficient (Wildman–Crippen LogP) is 10.5. The third kappa shape index (κ3) is 7.91. The summed E-state index contributed by atoms with van der Waals surface area (Å²) >= 11 is 5.28. The molecule has 4 aromatic carbocycles. The van der Waals surface area contributed by atoms with Gasteiger partial charge in [0, 0.05) is 15.7 Å². The molecule has 236 valence electrons. The fourth-order valence-electron chi connectivity index (χ4n) is 5.22. The standard InChI is InChI=1S/C37H41BrFNO3SSi/c1-37(2,3)45(4,5)43-32(27-16-19-29(39)20-17-27)22-23-44-35-34(40(36(35)41)30-14-10-7-11-15-30)31-21-18-28(38)24-33(31)42-25-26-12-8-6-9-13-26/h6-21,24,32,34-35H,22-23,25H2,1-5H3/t32-,34+,35+/m0/s1. The lowest BCUT2D eigenvalue weighted by atomic mass is 9.91. The SMILES string of the molecule is CC(C)(C)[Si](C)(C)O[C@@H](CCS[C@H]1C(=O)N(c2ccccc2)[C@@H]1c1ccc(Br)cc1OCc1ccccc1)c1ccc(F)cc1. The number of halogens is 2. The van der Waals surface area contributed by atoms with Crippen molar-refractivity contribution in [2.45, 2.75) is 69.3 Å². The molecule has 5 rings (SSSR count). The molecule has 0 N–H and O–H groups in total. The van der Waals surface area contributed by atoms with E-state index in [1.807, 2.05) is 89.8 Å². The summed E-state index contributed by atoms with van der Waals surface area (Å²) < 4.78 is 28.0. The van der Waals surface area contributed by atoms with Gasteiger partial charge in [-0.25, -0.2) is 4.39 Å². The highest BCUT2D eigenvalue weighted by molar-refractivity contribution is 9.10. The first-order valence-corrected chi connectivity index (χ1v) is 20.1. The van der Waals surface area contributed by atoms with Gasteiger partial charge in [0.1, 0.15) is 23.4 Å². The summed E-state index contributed by atoms with van der Waals surface area (Å²) in [6.07, 6.45) is 0.526. The molecule has 0 saturated carbocycles. The van der Waals surface area contributed by atoms with Gasteiger partial charge in [-0.2, -0.15) is 0 Å². The van der Waals surface area contributed by atoms with E-state index in [0.29, 0.717) is 18.8 Å². The molecule has 1 aliphatic rings. The Hall–Kier alpha value is -2.91. The average Bonchev–Trinajstić information content (AvgIpc) is 3.01. The minimum absolute atomic E-state index is 0.0291. The van der Waals surface area contributed by atoms with E-state index < -0.39 is 8.32 Å². The summed E-state index contributed by atoms with van der Waals surface area (Å²) in [7, 11) is -2.12. The van der Waals surface area contributed by atoms with E-state index in [1.54, 1.807) is 11.8 Å². The van der Waals surface area contributed by atoms with E-state index in [-0.39, 0.29) is 34.2 Å². The Morgan fingerprint density at radius 1 is 0.933 bits per heavy atom. The van der Waals surface area contributed by atoms with Gasteiger partial charge in [0.15, 0.2) is 8.32 Å². The number of carbonyl (C=O) groups excluding carboxylic acids is 1. The summed E-state index contributed by atoms with van der Waals surface area (Å²) in [5.74, 6) is 1.28. The average molecular weight is 707 g/mol. The Bertz CT molecular complexity index is 1580. The van der Waals surface area contributed by atoms with Crippen LogP contribution >= 0.6 is 27.7 Å². The number of nitrogens with zero attached hydrogens (tertiary/aromatic N) is 1. The van der Waals surface area contributed by atoms with Crippen LogP contribution in [0.4, 0.5) is 10.1 Å². The van der Waals surface area contributed by atoms with Gasteiger partial charge in [0.05, 0.1) is 12.1 Å². The van der Waals surface area contributed by atoms with Crippen molar-refractivity contribution in [1.29, 1.82) is 0 Å². The number of carbonyl (C=O) groups is 1. The number of thioether (sulfide) groups is 1. The van der Waals surface area contributed by atoms with Crippen LogP contribution in [0.3, 0.4) is 0 Å². The number of β-lactam (4-membered cyclic amide) rings is 1. The molecule has 3 atom stereocenters. The first-order chi connectivity index (χ1) is 21.4. The molecule has 0 bridgehead atoms. The molecule has 0 radical (unpaired) electrons. The first kappa shape index (κ1) is 33.5. The predicted molar refractivity (Wildman–Crippen MR) is 190 cm³/mol. The smallest absolute Gasteiger partial charge is 0.243 e. The second-order valence-corrected chi connectivity index (χ2v) is 19.9. The number of amides is 1. The summed E-state index contributed by atoms with van der Waals surface area (Å²) in [5, 5.41) is -0.256. The van der Waals surface area contributed by atoms with Gasteiger partial charge in [0.25, 0.3) is 0 Å². The summed E-state index contributed by atoms with van der Waals surface area (Å²) in [5.41, 5.74) is 3.88. The van der Waals surface area contributed by atoms with Crippen LogP contribution in [-0.4, -0.2) is 25.2 Å². The lowest BCUT2D eigenvalue weighted by molar-refractivity contribution is -0.123. The van der Waals surface area contributed by atoms with Crippen LogP contribution in [0, 0.1) is 5.82 Å². The monoisotopic (exact) mass is 705 g/mol. The van der Waals surface area contributed by atoms with E-state index in [4.69, 9.17) is 9.16 Å². The third-order valence-corrected chi connectivity index (χ3v) is 15.0. The van der Waals surface area contributed by atoms with Crippen molar-refractivity contribution < 1.29 is 18.3 Å². The van der Waals surface area contributed by atoms with E-state index in [1.165, 1.54) is 12.1 Å². The molecule has 0 unspecified atom stereocenters. The minimum atomic E-state index is -2.12. The highest BCUT2D eigenvalue weighted by atomic mass is 79.9. The second kappa shape index (κ2) is 14.2. The first-order valence-electron chi connectivity index (χ1n) is 15.3. The molecule has 4 nitrogen and oxygen atoms in total. The van der Waals surface area contributed by atoms with E-state index in [9.17, 15) is 9.18 Å². The molecule has 8 heteroatoms. The lowest BCUT2D eigenvalue weighted by Crippen LogP contribution is -2.57. The topological polar surface area (TPSA) is 38.8 Å². The van der Waals surface area contributed by atoms with Gasteiger partial charge in [-0.1, -0.05) is 103 Å². The second-order valence-electron chi connectivity index (χ2n) is 12.9. The number of ether oxygens (including phenoxy) is 1. The van der Waals surface area contributed by atoms with Crippen molar-refractivity contribution in [3.05, 3.63) is 130 Å². The Labute approximate surface area is 280 Å². The number of hydrogen-bond donors (Lipinski definition) is 0. The number of anilines is 1. The fourth-order valence-corrected chi connectivity index (χ4v) is 8.19. The fraction of sp³-hybridized carbons (Fsp3) is 0.324. The quantitative estimate of drug-likeness (QED) is 0.109. The zero-order valence-corrected chi connectivity index (χ0v) is 29.9. The van der Waals surface area contributed by atoms with Crippen LogP contribution in [0.15, 0.2) is 108 Å². The number of para-hydroxylation sites is 1. The van der Waals surface area contributed by atoms with Crippen LogP contribution in [0.1, 0.15) is 56.0 Å². The molecule has 1 fully saturated rings. The Morgan fingerprint density at radius 3 is 2.22 bits per heavy atom. The van der Waals surface area contributed by atoms with E-state index >= 15 is 0 Å². The van der Waals surface area contributed by atoms with Gasteiger partial charge in [-0.3, -0.25) is 4.79 Å². The van der Waals surface area contributed by atoms with E-state index in [0.717, 1.165) is 32.6 Å². The van der Waals surface area contributed by atoms with Gasteiger partial charge in [0.2, 0.25) is 5.91 Å². The minimum Gasteiger partial charge on any atom is -0.489 e. The molecule has 45 heavy (non-hydrogen) atoms. The highest BCUT2D eigenvalue weighted by Gasteiger charge is 2.50. The van der Waals surface area contributed by atoms with Crippen molar-refractivity contribution in [3.63, 3.8) is 0 Å². The molecule has 1 heterocycles.